The molecule has 0 saturated heterocycles. The van der Waals surface area contributed by atoms with Gasteiger partial charge in [0.25, 0.3) is 11.6 Å². The Morgan fingerprint density at radius 1 is 1.47 bits per heavy atom. The summed E-state index contributed by atoms with van der Waals surface area (Å²) in [4.78, 5) is 22.1. The van der Waals surface area contributed by atoms with E-state index in [2.05, 4.69) is 11.4 Å². The number of carbonyl (C=O) groups excluding carboxylic acids is 1. The third-order valence-electron chi connectivity index (χ3n) is 2.53. The van der Waals surface area contributed by atoms with Gasteiger partial charge in [-0.25, -0.2) is 0 Å². The van der Waals surface area contributed by atoms with Crippen LogP contribution < -0.4 is 5.32 Å². The number of non-ortho nitro benzene ring substituents is 1. The fraction of sp³-hybridized carbons (Fsp3) is 0.385. The van der Waals surface area contributed by atoms with Crippen LogP contribution in [0.15, 0.2) is 18.2 Å². The lowest BCUT2D eigenvalue weighted by Crippen LogP contribution is -2.33. The summed E-state index contributed by atoms with van der Waals surface area (Å²) in [6.07, 6.45) is 0. The van der Waals surface area contributed by atoms with Crippen molar-refractivity contribution in [3.05, 3.63) is 39.4 Å². The van der Waals surface area contributed by atoms with Crippen LogP contribution in [0.4, 0.5) is 5.69 Å². The van der Waals surface area contributed by atoms with Crippen molar-refractivity contribution in [1.82, 2.24) is 5.32 Å². The van der Waals surface area contributed by atoms with Gasteiger partial charge in [-0.15, -0.1) is 0 Å². The molecule has 1 aromatic carbocycles. The van der Waals surface area contributed by atoms with Gasteiger partial charge in [0.1, 0.15) is 0 Å². The Kier molecular flexibility index (Phi) is 4.22. The van der Waals surface area contributed by atoms with Crippen molar-refractivity contribution >= 4 is 11.6 Å². The first-order valence-corrected chi connectivity index (χ1v) is 5.71. The van der Waals surface area contributed by atoms with Crippen LogP contribution in [0.3, 0.4) is 0 Å². The zero-order valence-corrected chi connectivity index (χ0v) is 11.1. The molecule has 0 saturated carbocycles. The van der Waals surface area contributed by atoms with Crippen molar-refractivity contribution in [1.29, 1.82) is 5.26 Å². The predicted octanol–water partition coefficient (Wildman–Crippen LogP) is 2.18. The molecule has 100 valence electrons. The van der Waals surface area contributed by atoms with E-state index in [-0.39, 0.29) is 17.8 Å². The molecule has 0 heterocycles. The number of amides is 1. The monoisotopic (exact) mass is 261 g/mol. The molecule has 6 nitrogen and oxygen atoms in total. The number of nitriles is 1. The van der Waals surface area contributed by atoms with Gasteiger partial charge in [-0.3, -0.25) is 14.9 Å². The van der Waals surface area contributed by atoms with Gasteiger partial charge >= 0.3 is 0 Å². The second-order valence-electron chi connectivity index (χ2n) is 4.99. The summed E-state index contributed by atoms with van der Waals surface area (Å²) in [6, 6.07) is 6.26. The smallest absolute Gasteiger partial charge is 0.270 e. The van der Waals surface area contributed by atoms with E-state index in [9.17, 15) is 14.9 Å². The third-order valence-corrected chi connectivity index (χ3v) is 2.53. The number of nitrogens with zero attached hydrogens (tertiary/aromatic N) is 2. The van der Waals surface area contributed by atoms with Crippen molar-refractivity contribution in [3.63, 3.8) is 0 Å². The molecule has 1 N–H and O–H groups in total. The van der Waals surface area contributed by atoms with Gasteiger partial charge in [-0.05, 0) is 32.4 Å². The molecule has 0 fully saturated rings. The highest BCUT2D eigenvalue weighted by Crippen LogP contribution is 2.17. The first-order valence-electron chi connectivity index (χ1n) is 5.71. The second-order valence-corrected chi connectivity index (χ2v) is 4.99. The lowest BCUT2D eigenvalue weighted by atomic mass is 9.96. The SMILES string of the molecule is Cc1cc(C(=O)NCC(C)(C)C#N)cc([N+](=O)[O-])c1. The molecule has 0 spiro atoms. The minimum atomic E-state index is -0.675. The Bertz CT molecular complexity index is 559. The third kappa shape index (κ3) is 4.07. The maximum absolute atomic E-state index is 11.9. The largest absolute Gasteiger partial charge is 0.350 e. The molecule has 0 bridgehead atoms. The zero-order chi connectivity index (χ0) is 14.6. The molecule has 0 aliphatic rings. The van der Waals surface area contributed by atoms with Crippen LogP contribution in [-0.2, 0) is 0 Å². The summed E-state index contributed by atoms with van der Waals surface area (Å²) in [5, 5.41) is 22.2. The molecule has 19 heavy (non-hydrogen) atoms. The van der Waals surface area contributed by atoms with Crippen molar-refractivity contribution in [2.24, 2.45) is 5.41 Å². The number of rotatable bonds is 4. The standard InChI is InChI=1S/C13H15N3O3/c1-9-4-10(6-11(5-9)16(18)19)12(17)15-8-13(2,3)7-14/h4-6H,8H2,1-3H3,(H,15,17). The van der Waals surface area contributed by atoms with Gasteiger partial charge in [0, 0.05) is 24.2 Å². The Hall–Kier alpha value is -2.42. The van der Waals surface area contributed by atoms with E-state index in [1.807, 2.05) is 0 Å². The first kappa shape index (κ1) is 14.6. The van der Waals surface area contributed by atoms with Gasteiger partial charge in [0.05, 0.1) is 16.4 Å². The Balaban J connectivity index is 2.89. The first-order chi connectivity index (χ1) is 8.75. The average molecular weight is 261 g/mol. The molecule has 1 aromatic rings. The van der Waals surface area contributed by atoms with Crippen LogP contribution in [0.25, 0.3) is 0 Å². The number of carbonyl (C=O) groups is 1. The molecule has 0 unspecified atom stereocenters. The maximum atomic E-state index is 11.9. The molecule has 1 rings (SSSR count). The molecular formula is C13H15N3O3. The van der Waals surface area contributed by atoms with Crippen LogP contribution in [0, 0.1) is 33.8 Å². The maximum Gasteiger partial charge on any atom is 0.270 e. The summed E-state index contributed by atoms with van der Waals surface area (Å²) in [7, 11) is 0. The molecule has 0 aliphatic heterocycles. The second kappa shape index (κ2) is 5.48. The van der Waals surface area contributed by atoms with E-state index < -0.39 is 16.2 Å². The number of benzene rings is 1. The van der Waals surface area contributed by atoms with Crippen molar-refractivity contribution < 1.29 is 9.72 Å². The Morgan fingerprint density at radius 2 is 2.11 bits per heavy atom. The Morgan fingerprint density at radius 3 is 2.63 bits per heavy atom. The molecule has 0 aliphatic carbocycles. The topological polar surface area (TPSA) is 96.0 Å². The minimum absolute atomic E-state index is 0.121. The van der Waals surface area contributed by atoms with Crippen molar-refractivity contribution in [3.8, 4) is 6.07 Å². The fourth-order valence-electron chi connectivity index (χ4n) is 1.44. The zero-order valence-electron chi connectivity index (χ0n) is 11.1. The quantitative estimate of drug-likeness (QED) is 0.663. The van der Waals surface area contributed by atoms with E-state index >= 15 is 0 Å². The fourth-order valence-corrected chi connectivity index (χ4v) is 1.44. The highest BCUT2D eigenvalue weighted by atomic mass is 16.6. The van der Waals surface area contributed by atoms with Gasteiger partial charge in [-0.1, -0.05) is 0 Å². The number of nitro benzene ring substituents is 1. The summed E-state index contributed by atoms with van der Waals surface area (Å²) < 4.78 is 0. The van der Waals surface area contributed by atoms with Crippen LogP contribution in [0.5, 0.6) is 0 Å². The molecular weight excluding hydrogens is 246 g/mol. The number of nitro groups is 1. The number of nitrogens with one attached hydrogen (secondary N) is 1. The molecule has 1 amide bonds. The minimum Gasteiger partial charge on any atom is -0.350 e. The lowest BCUT2D eigenvalue weighted by molar-refractivity contribution is -0.384. The van der Waals surface area contributed by atoms with Crippen LogP contribution in [0.1, 0.15) is 29.8 Å². The van der Waals surface area contributed by atoms with Crippen molar-refractivity contribution in [2.45, 2.75) is 20.8 Å². The summed E-state index contributed by atoms with van der Waals surface area (Å²) >= 11 is 0. The van der Waals surface area contributed by atoms with E-state index in [0.717, 1.165) is 0 Å². The number of hydrogen-bond donors (Lipinski definition) is 1. The highest BCUT2D eigenvalue weighted by Gasteiger charge is 2.19. The van der Waals surface area contributed by atoms with Gasteiger partial charge in [0.2, 0.25) is 0 Å². The summed E-state index contributed by atoms with van der Waals surface area (Å²) in [5.41, 5.74) is 0.0647. The average Bonchev–Trinajstić information content (AvgIpc) is 2.35. The van der Waals surface area contributed by atoms with E-state index in [0.29, 0.717) is 5.56 Å². The van der Waals surface area contributed by atoms with E-state index in [1.165, 1.54) is 12.1 Å². The number of hydrogen-bond acceptors (Lipinski definition) is 4. The summed E-state index contributed by atoms with van der Waals surface area (Å²) in [5.74, 6) is -0.421. The molecule has 0 radical (unpaired) electrons. The van der Waals surface area contributed by atoms with Gasteiger partial charge in [0.15, 0.2) is 0 Å². The van der Waals surface area contributed by atoms with Crippen LogP contribution in [-0.4, -0.2) is 17.4 Å². The lowest BCUT2D eigenvalue weighted by Gasteiger charge is -2.15. The normalized spacial score (nSPS) is 10.6. The molecule has 6 heteroatoms. The predicted molar refractivity (Wildman–Crippen MR) is 69.6 cm³/mol. The molecule has 0 aromatic heterocycles. The van der Waals surface area contributed by atoms with E-state index in [4.69, 9.17) is 5.26 Å². The van der Waals surface area contributed by atoms with Gasteiger partial charge < -0.3 is 5.32 Å². The Labute approximate surface area is 111 Å². The van der Waals surface area contributed by atoms with Crippen molar-refractivity contribution in [2.75, 3.05) is 6.54 Å². The number of aryl methyl sites for hydroxylation is 1. The van der Waals surface area contributed by atoms with Gasteiger partial charge in [-0.2, -0.15) is 5.26 Å². The van der Waals surface area contributed by atoms with Crippen LogP contribution >= 0.6 is 0 Å². The summed E-state index contributed by atoms with van der Waals surface area (Å²) in [6.45, 7) is 5.27. The highest BCUT2D eigenvalue weighted by molar-refractivity contribution is 5.95. The molecule has 0 atom stereocenters. The van der Waals surface area contributed by atoms with E-state index in [1.54, 1.807) is 26.8 Å². The van der Waals surface area contributed by atoms with Crippen LogP contribution in [0.2, 0.25) is 0 Å².